The highest BCUT2D eigenvalue weighted by atomic mass is 79.9. The highest BCUT2D eigenvalue weighted by Crippen LogP contribution is 2.38. The zero-order chi connectivity index (χ0) is 26.6. The lowest BCUT2D eigenvalue weighted by atomic mass is 10.2. The highest BCUT2D eigenvalue weighted by molar-refractivity contribution is 9.10. The van der Waals surface area contributed by atoms with Crippen molar-refractivity contribution in [2.24, 2.45) is 0 Å². The third-order valence-electron chi connectivity index (χ3n) is 6.96. The molecule has 2 fully saturated rings. The van der Waals surface area contributed by atoms with Crippen molar-refractivity contribution >= 4 is 61.4 Å². The molecule has 5 heterocycles. The predicted molar refractivity (Wildman–Crippen MR) is 153 cm³/mol. The first-order valence-electron chi connectivity index (χ1n) is 12.7. The second kappa shape index (κ2) is 12.2. The number of rotatable bonds is 9. The number of aromatic nitrogens is 3. The van der Waals surface area contributed by atoms with Gasteiger partial charge in [0.05, 0.1) is 29.4 Å². The van der Waals surface area contributed by atoms with E-state index in [9.17, 15) is 9.59 Å². The van der Waals surface area contributed by atoms with Crippen LogP contribution >= 0.6 is 38.6 Å². The smallest absolute Gasteiger partial charge is 0.304 e. The van der Waals surface area contributed by atoms with Crippen molar-refractivity contribution in [3.05, 3.63) is 38.9 Å². The van der Waals surface area contributed by atoms with Gasteiger partial charge in [-0.25, -0.2) is 15.0 Å². The molecule has 1 atom stereocenters. The van der Waals surface area contributed by atoms with Crippen molar-refractivity contribution in [2.45, 2.75) is 38.8 Å². The molecule has 2 saturated heterocycles. The maximum absolute atomic E-state index is 13.0. The zero-order valence-electron chi connectivity index (χ0n) is 21.1. The van der Waals surface area contributed by atoms with Crippen molar-refractivity contribution in [3.63, 3.8) is 0 Å². The molecule has 3 aromatic heterocycles. The summed E-state index contributed by atoms with van der Waals surface area (Å²) in [5.41, 5.74) is 1.16. The number of nitrogens with zero attached hydrogens (tertiary/aromatic N) is 6. The average Bonchev–Trinajstić information content (AvgIpc) is 3.63. The van der Waals surface area contributed by atoms with Gasteiger partial charge >= 0.3 is 5.97 Å². The monoisotopic (exact) mass is 619 g/mol. The van der Waals surface area contributed by atoms with Crippen LogP contribution in [0.1, 0.15) is 41.6 Å². The molecule has 2 aliphatic heterocycles. The molecule has 3 aromatic rings. The molecule has 0 spiro atoms. The first kappa shape index (κ1) is 27.1. The Labute approximate surface area is 237 Å². The summed E-state index contributed by atoms with van der Waals surface area (Å²) in [5, 5.41) is 14.4. The first-order chi connectivity index (χ1) is 18.4. The van der Waals surface area contributed by atoms with Gasteiger partial charge in [0.15, 0.2) is 5.13 Å². The van der Waals surface area contributed by atoms with Crippen LogP contribution in [0.2, 0.25) is 0 Å². The Balaban J connectivity index is 1.23. The minimum absolute atomic E-state index is 0.147. The number of hydrogen-bond acceptors (Lipinski definition) is 10. The Morgan fingerprint density at radius 3 is 2.63 bits per heavy atom. The van der Waals surface area contributed by atoms with Crippen LogP contribution in [0.4, 0.5) is 10.9 Å². The highest BCUT2D eigenvalue weighted by Gasteiger charge is 2.25. The molecule has 2 N–H and O–H groups in total. The van der Waals surface area contributed by atoms with E-state index in [0.29, 0.717) is 23.5 Å². The van der Waals surface area contributed by atoms with Gasteiger partial charge in [-0.1, -0.05) is 11.3 Å². The van der Waals surface area contributed by atoms with Crippen molar-refractivity contribution in [1.82, 2.24) is 24.8 Å². The molecule has 13 heteroatoms. The minimum atomic E-state index is -0.779. The number of hydrogen-bond donors (Lipinski definition) is 2. The predicted octanol–water partition coefficient (Wildman–Crippen LogP) is 4.26. The number of anilines is 2. The van der Waals surface area contributed by atoms with Crippen LogP contribution in [-0.2, 0) is 11.3 Å². The summed E-state index contributed by atoms with van der Waals surface area (Å²) in [4.78, 5) is 46.4. The molecule has 0 aromatic carbocycles. The van der Waals surface area contributed by atoms with Crippen LogP contribution in [0.5, 0.6) is 0 Å². The molecule has 0 radical (unpaired) electrons. The molecular formula is C25H30BrN7O3S2. The van der Waals surface area contributed by atoms with E-state index in [-0.39, 0.29) is 18.0 Å². The summed E-state index contributed by atoms with van der Waals surface area (Å²) in [6.07, 6.45) is 5.68. The summed E-state index contributed by atoms with van der Waals surface area (Å²) in [6, 6.07) is 2.61. The molecule has 1 amide bonds. The molecule has 0 bridgehead atoms. The maximum Gasteiger partial charge on any atom is 0.304 e. The van der Waals surface area contributed by atoms with E-state index in [4.69, 9.17) is 10.1 Å². The molecular weight excluding hydrogens is 590 g/mol. The van der Waals surface area contributed by atoms with Crippen LogP contribution < -0.4 is 10.2 Å². The Bertz CT molecular complexity index is 1270. The summed E-state index contributed by atoms with van der Waals surface area (Å²) in [7, 11) is 0. The molecule has 0 aliphatic carbocycles. The third kappa shape index (κ3) is 6.57. The Morgan fingerprint density at radius 1 is 1.18 bits per heavy atom. The lowest BCUT2D eigenvalue weighted by Crippen LogP contribution is -2.47. The van der Waals surface area contributed by atoms with E-state index in [0.717, 1.165) is 59.2 Å². The first-order valence-corrected chi connectivity index (χ1v) is 15.2. The van der Waals surface area contributed by atoms with Gasteiger partial charge in [0.1, 0.15) is 11.5 Å². The lowest BCUT2D eigenvalue weighted by molar-refractivity contribution is -0.137. The summed E-state index contributed by atoms with van der Waals surface area (Å²) in [5.74, 6) is -0.407. The van der Waals surface area contributed by atoms with E-state index < -0.39 is 5.97 Å². The Morgan fingerprint density at radius 2 is 2.00 bits per heavy atom. The topological polar surface area (TPSA) is 115 Å². The second-order valence-corrected chi connectivity index (χ2v) is 12.5. The normalized spacial score (nSPS) is 18.7. The fourth-order valence-electron chi connectivity index (χ4n) is 4.77. The molecule has 0 unspecified atom stereocenters. The van der Waals surface area contributed by atoms with Gasteiger partial charge < -0.3 is 10.0 Å². The Kier molecular flexibility index (Phi) is 8.68. The number of carbonyl (C=O) groups is 2. The number of thiophene rings is 1. The van der Waals surface area contributed by atoms with Crippen molar-refractivity contribution in [2.75, 3.05) is 49.5 Å². The Hall–Kier alpha value is -2.45. The summed E-state index contributed by atoms with van der Waals surface area (Å²) >= 11 is 6.69. The summed E-state index contributed by atoms with van der Waals surface area (Å²) < 4.78 is 1.02. The van der Waals surface area contributed by atoms with Crippen LogP contribution in [0.25, 0.3) is 10.6 Å². The van der Waals surface area contributed by atoms with Gasteiger partial charge in [0.2, 0.25) is 0 Å². The van der Waals surface area contributed by atoms with Gasteiger partial charge in [-0.3, -0.25) is 24.7 Å². The van der Waals surface area contributed by atoms with E-state index in [1.165, 1.54) is 30.4 Å². The number of carboxylic acid groups (broad SMARTS) is 1. The van der Waals surface area contributed by atoms with E-state index in [1.807, 2.05) is 5.38 Å². The van der Waals surface area contributed by atoms with E-state index in [2.05, 4.69) is 58.9 Å². The molecule has 5 rings (SSSR count). The SMILES string of the molecule is C[C@@H]1CCCN1Cc1sc(NC(=O)c2cnc(N3CCN(CCC(=O)O)CC3)cn2)nc1-c1cc(Br)cs1. The van der Waals surface area contributed by atoms with Gasteiger partial charge in [-0.15, -0.1) is 11.3 Å². The third-order valence-corrected chi connectivity index (χ3v) is 9.62. The number of amides is 1. The molecule has 202 valence electrons. The van der Waals surface area contributed by atoms with Crippen LogP contribution in [0.15, 0.2) is 28.3 Å². The van der Waals surface area contributed by atoms with Crippen LogP contribution in [-0.4, -0.2) is 87.0 Å². The number of likely N-dealkylation sites (tertiary alicyclic amines) is 1. The molecule has 2 aliphatic rings. The van der Waals surface area contributed by atoms with Gasteiger partial charge in [0.25, 0.3) is 5.91 Å². The molecule has 38 heavy (non-hydrogen) atoms. The number of nitrogens with one attached hydrogen (secondary N) is 1. The standard InChI is InChI=1S/C25H30BrN7O3S2/c1-16-3-2-5-33(16)14-20-23(19-11-17(26)15-37-19)29-25(38-20)30-24(36)18-12-28-21(13-27-18)32-9-7-31(8-10-32)6-4-22(34)35/h11-13,15-16H,2-10,14H2,1H3,(H,34,35)(H,29,30,36)/t16-/m1/s1. The fourth-order valence-corrected chi connectivity index (χ4v) is 7.28. The number of thiazole rings is 1. The lowest BCUT2D eigenvalue weighted by Gasteiger charge is -2.34. The van der Waals surface area contributed by atoms with Crippen molar-refractivity contribution in [3.8, 4) is 10.6 Å². The fraction of sp³-hybridized carbons (Fsp3) is 0.480. The van der Waals surface area contributed by atoms with Gasteiger partial charge in [-0.2, -0.15) is 0 Å². The van der Waals surface area contributed by atoms with Crippen molar-refractivity contribution < 1.29 is 14.7 Å². The average molecular weight is 621 g/mol. The number of carbonyl (C=O) groups excluding carboxylic acids is 1. The van der Waals surface area contributed by atoms with Crippen molar-refractivity contribution in [1.29, 1.82) is 0 Å². The zero-order valence-corrected chi connectivity index (χ0v) is 24.3. The number of piperazine rings is 1. The number of aliphatic carboxylic acids is 1. The van der Waals surface area contributed by atoms with Crippen LogP contribution in [0.3, 0.4) is 0 Å². The maximum atomic E-state index is 13.0. The second-order valence-electron chi connectivity index (χ2n) is 9.57. The number of halogens is 1. The minimum Gasteiger partial charge on any atom is -0.481 e. The van der Waals surface area contributed by atoms with E-state index >= 15 is 0 Å². The van der Waals surface area contributed by atoms with Crippen LogP contribution in [0, 0.1) is 0 Å². The molecule has 10 nitrogen and oxygen atoms in total. The quantitative estimate of drug-likeness (QED) is 0.362. The van der Waals surface area contributed by atoms with Gasteiger partial charge in [0, 0.05) is 60.0 Å². The van der Waals surface area contributed by atoms with Gasteiger partial charge in [-0.05, 0) is 48.3 Å². The largest absolute Gasteiger partial charge is 0.481 e. The van der Waals surface area contributed by atoms with E-state index in [1.54, 1.807) is 17.5 Å². The number of carboxylic acids is 1. The summed E-state index contributed by atoms with van der Waals surface area (Å²) in [6.45, 7) is 7.71. The molecule has 0 saturated carbocycles.